The van der Waals surface area contributed by atoms with Crippen LogP contribution in [-0.2, 0) is 9.59 Å². The van der Waals surface area contributed by atoms with Crippen LogP contribution in [0.5, 0.6) is 0 Å². The van der Waals surface area contributed by atoms with Crippen molar-refractivity contribution < 1.29 is 14.0 Å². The zero-order chi connectivity index (χ0) is 23.9. The molecule has 4 rings (SSSR count). The summed E-state index contributed by atoms with van der Waals surface area (Å²) in [4.78, 5) is 26.7. The first-order valence-electron chi connectivity index (χ1n) is 10.4. The average molecular weight is 493 g/mol. The van der Waals surface area contributed by atoms with Crippen molar-refractivity contribution in [1.29, 1.82) is 0 Å². The number of furan rings is 1. The van der Waals surface area contributed by atoms with Gasteiger partial charge in [0, 0.05) is 29.2 Å². The van der Waals surface area contributed by atoms with Crippen molar-refractivity contribution in [3.8, 4) is 11.3 Å². The number of nitrogens with zero attached hydrogens (tertiary/aromatic N) is 3. The quantitative estimate of drug-likeness (QED) is 0.257. The molecule has 1 unspecified atom stereocenters. The van der Waals surface area contributed by atoms with Crippen LogP contribution in [0.4, 0.5) is 5.69 Å². The number of nitrogens with one attached hydrogen (secondary N) is 1. The molecule has 1 aliphatic rings. The highest BCUT2D eigenvalue weighted by molar-refractivity contribution is 8.15. The fourth-order valence-corrected chi connectivity index (χ4v) is 4.56. The lowest BCUT2D eigenvalue weighted by atomic mass is 10.2. The molecular formula is C25H21ClN4O3S. The maximum absolute atomic E-state index is 12.8. The zero-order valence-corrected chi connectivity index (χ0v) is 19.6. The van der Waals surface area contributed by atoms with Crippen LogP contribution in [0.25, 0.3) is 11.3 Å². The second-order valence-electron chi connectivity index (χ2n) is 7.30. The third-order valence-electron chi connectivity index (χ3n) is 4.82. The Hall–Kier alpha value is -3.62. The van der Waals surface area contributed by atoms with Gasteiger partial charge >= 0.3 is 0 Å². The van der Waals surface area contributed by atoms with E-state index in [1.54, 1.807) is 30.3 Å². The first-order valence-corrected chi connectivity index (χ1v) is 11.7. The third kappa shape index (κ3) is 5.84. The van der Waals surface area contributed by atoms with Crippen molar-refractivity contribution in [2.75, 3.05) is 11.9 Å². The van der Waals surface area contributed by atoms with Crippen LogP contribution in [0.15, 0.2) is 94.0 Å². The molecule has 7 nitrogen and oxygen atoms in total. The molecule has 34 heavy (non-hydrogen) atoms. The van der Waals surface area contributed by atoms with Crippen molar-refractivity contribution >= 4 is 52.2 Å². The van der Waals surface area contributed by atoms with Crippen molar-refractivity contribution in [2.24, 2.45) is 10.2 Å². The number of carbonyl (C=O) groups is 2. The van der Waals surface area contributed by atoms with Gasteiger partial charge in [-0.25, -0.2) is 0 Å². The Labute approximate surface area is 206 Å². The molecule has 0 spiro atoms. The summed E-state index contributed by atoms with van der Waals surface area (Å²) in [6.45, 7) is 3.97. The highest BCUT2D eigenvalue weighted by atomic mass is 35.5. The molecule has 0 bridgehead atoms. The monoisotopic (exact) mass is 492 g/mol. The molecular weight excluding hydrogens is 472 g/mol. The van der Waals surface area contributed by atoms with E-state index in [9.17, 15) is 9.59 Å². The predicted molar refractivity (Wildman–Crippen MR) is 137 cm³/mol. The van der Waals surface area contributed by atoms with E-state index in [1.807, 2.05) is 42.5 Å². The van der Waals surface area contributed by atoms with Gasteiger partial charge in [-0.05, 0) is 36.4 Å². The maximum Gasteiger partial charge on any atom is 0.243 e. The molecule has 172 valence electrons. The van der Waals surface area contributed by atoms with Gasteiger partial charge in [0.1, 0.15) is 16.8 Å². The van der Waals surface area contributed by atoms with E-state index in [0.29, 0.717) is 27.4 Å². The molecule has 2 heterocycles. The van der Waals surface area contributed by atoms with Crippen molar-refractivity contribution in [1.82, 2.24) is 4.90 Å². The number of benzene rings is 2. The molecule has 2 aromatic carbocycles. The number of hydrogen-bond donors (Lipinski definition) is 1. The molecule has 0 radical (unpaired) electrons. The van der Waals surface area contributed by atoms with E-state index in [4.69, 9.17) is 16.0 Å². The first kappa shape index (κ1) is 23.5. The number of para-hydroxylation sites is 1. The van der Waals surface area contributed by atoms with Gasteiger partial charge in [0.2, 0.25) is 11.8 Å². The van der Waals surface area contributed by atoms with E-state index in [1.165, 1.54) is 22.9 Å². The molecule has 2 amide bonds. The SMILES string of the molecule is C=CCN1C(=O)C(CC(=O)Nc2ccccc2)S/C1=N\N=C\c1ccc(-c2cccc(Cl)c2)o1. The van der Waals surface area contributed by atoms with Gasteiger partial charge in [-0.3, -0.25) is 14.5 Å². The smallest absolute Gasteiger partial charge is 0.243 e. The molecule has 0 saturated carbocycles. The van der Waals surface area contributed by atoms with Crippen LogP contribution >= 0.6 is 23.4 Å². The van der Waals surface area contributed by atoms with Gasteiger partial charge in [-0.1, -0.05) is 59.8 Å². The van der Waals surface area contributed by atoms with Gasteiger partial charge in [-0.2, -0.15) is 5.10 Å². The number of rotatable bonds is 8. The number of anilines is 1. The minimum absolute atomic E-state index is 0.0238. The molecule has 1 fully saturated rings. The number of hydrogen-bond acceptors (Lipinski definition) is 6. The topological polar surface area (TPSA) is 87.3 Å². The number of carbonyl (C=O) groups excluding carboxylic acids is 2. The van der Waals surface area contributed by atoms with E-state index in [-0.39, 0.29) is 24.8 Å². The molecule has 1 atom stereocenters. The predicted octanol–water partition coefficient (Wildman–Crippen LogP) is 5.45. The Balaban J connectivity index is 1.43. The molecule has 3 aromatic rings. The molecule has 1 aliphatic heterocycles. The van der Waals surface area contributed by atoms with E-state index in [0.717, 1.165) is 5.56 Å². The zero-order valence-electron chi connectivity index (χ0n) is 18.1. The van der Waals surface area contributed by atoms with Crippen LogP contribution in [0, 0.1) is 0 Å². The average Bonchev–Trinajstić information content (AvgIpc) is 3.41. The summed E-state index contributed by atoms with van der Waals surface area (Å²) in [5.74, 6) is 0.704. The van der Waals surface area contributed by atoms with Crippen LogP contribution < -0.4 is 5.32 Å². The Morgan fingerprint density at radius 3 is 2.76 bits per heavy atom. The van der Waals surface area contributed by atoms with Crippen LogP contribution in [0.3, 0.4) is 0 Å². The van der Waals surface area contributed by atoms with E-state index < -0.39 is 5.25 Å². The summed E-state index contributed by atoms with van der Waals surface area (Å²) in [5, 5.41) is 11.5. The van der Waals surface area contributed by atoms with E-state index in [2.05, 4.69) is 22.1 Å². The number of thioether (sulfide) groups is 1. The third-order valence-corrected chi connectivity index (χ3v) is 6.22. The van der Waals surface area contributed by atoms with Crippen molar-refractivity contribution in [3.05, 3.63) is 90.2 Å². The second-order valence-corrected chi connectivity index (χ2v) is 8.91. The Bertz CT molecular complexity index is 1260. The van der Waals surface area contributed by atoms with Crippen LogP contribution in [0.2, 0.25) is 5.02 Å². The first-order chi connectivity index (χ1) is 16.5. The maximum atomic E-state index is 12.8. The van der Waals surface area contributed by atoms with Crippen LogP contribution in [0.1, 0.15) is 12.2 Å². The minimum Gasteiger partial charge on any atom is -0.455 e. The summed E-state index contributed by atoms with van der Waals surface area (Å²) < 4.78 is 5.78. The number of amidine groups is 1. The Morgan fingerprint density at radius 1 is 1.18 bits per heavy atom. The normalized spacial score (nSPS) is 17.0. The Morgan fingerprint density at radius 2 is 2.00 bits per heavy atom. The summed E-state index contributed by atoms with van der Waals surface area (Å²) in [7, 11) is 0. The number of amides is 2. The van der Waals surface area contributed by atoms with Gasteiger partial charge < -0.3 is 9.73 Å². The Kier molecular flexibility index (Phi) is 7.61. The molecule has 1 aromatic heterocycles. The second kappa shape index (κ2) is 11.0. The van der Waals surface area contributed by atoms with Crippen LogP contribution in [-0.4, -0.2) is 39.9 Å². The summed E-state index contributed by atoms with van der Waals surface area (Å²) >= 11 is 7.24. The highest BCUT2D eigenvalue weighted by Crippen LogP contribution is 2.30. The van der Waals surface area contributed by atoms with Crippen molar-refractivity contribution in [3.63, 3.8) is 0 Å². The minimum atomic E-state index is -0.587. The summed E-state index contributed by atoms with van der Waals surface area (Å²) in [6.07, 6.45) is 3.09. The van der Waals surface area contributed by atoms with Gasteiger partial charge in [-0.15, -0.1) is 11.7 Å². The lowest BCUT2D eigenvalue weighted by Crippen LogP contribution is -2.33. The molecule has 1 N–H and O–H groups in total. The molecule has 1 saturated heterocycles. The lowest BCUT2D eigenvalue weighted by molar-refractivity contribution is -0.127. The summed E-state index contributed by atoms with van der Waals surface area (Å²) in [5.41, 5.74) is 1.53. The molecule has 9 heteroatoms. The van der Waals surface area contributed by atoms with E-state index >= 15 is 0 Å². The van der Waals surface area contributed by atoms with Crippen molar-refractivity contribution in [2.45, 2.75) is 11.7 Å². The van der Waals surface area contributed by atoms with Gasteiger partial charge in [0.05, 0.1) is 6.21 Å². The lowest BCUT2D eigenvalue weighted by Gasteiger charge is -2.12. The largest absolute Gasteiger partial charge is 0.455 e. The summed E-state index contributed by atoms with van der Waals surface area (Å²) in [6, 6.07) is 20.0. The van der Waals surface area contributed by atoms with Gasteiger partial charge in [0.15, 0.2) is 5.17 Å². The standard InChI is InChI=1S/C25H21ClN4O3S/c1-2-13-30-24(32)22(15-23(31)28-19-9-4-3-5-10-19)34-25(30)29-27-16-20-11-12-21(33-20)17-7-6-8-18(26)14-17/h2-12,14,16,22H,1,13,15H2,(H,28,31)/b27-16+,29-25-. The van der Waals surface area contributed by atoms with Gasteiger partial charge in [0.25, 0.3) is 0 Å². The fraction of sp³-hybridized carbons (Fsp3) is 0.120. The fourth-order valence-electron chi connectivity index (χ4n) is 3.27. The number of halogens is 1. The molecule has 0 aliphatic carbocycles. The highest BCUT2D eigenvalue weighted by Gasteiger charge is 2.38.